The standard InChI is InChI=1S/C23H16N2O3S/c26-20-16-9-4-5-11-18(16)29-22-19(20)23(27)25(13-12-15-7-2-1-3-8-15)21(24-22)17-10-6-14-28-17/h1-11,14H,12-13H2. The third-order valence-corrected chi connectivity index (χ3v) is 5.97. The van der Waals surface area contributed by atoms with Crippen LogP contribution in [-0.2, 0) is 13.0 Å². The molecule has 0 saturated heterocycles. The number of furan rings is 1. The van der Waals surface area contributed by atoms with E-state index in [4.69, 9.17) is 4.42 Å². The van der Waals surface area contributed by atoms with Gasteiger partial charge in [-0.15, -0.1) is 11.3 Å². The summed E-state index contributed by atoms with van der Waals surface area (Å²) in [6.07, 6.45) is 2.20. The van der Waals surface area contributed by atoms with Crippen LogP contribution in [-0.4, -0.2) is 9.55 Å². The van der Waals surface area contributed by atoms with E-state index in [0.29, 0.717) is 34.8 Å². The highest BCUT2D eigenvalue weighted by atomic mass is 32.1. The minimum atomic E-state index is -0.329. The Kier molecular flexibility index (Phi) is 4.33. The Bertz CT molecular complexity index is 1430. The molecule has 2 aromatic carbocycles. The molecule has 0 N–H and O–H groups in total. The summed E-state index contributed by atoms with van der Waals surface area (Å²) in [5, 5.41) is 0.682. The molecule has 6 heteroatoms. The van der Waals surface area contributed by atoms with Gasteiger partial charge in [0.15, 0.2) is 11.6 Å². The van der Waals surface area contributed by atoms with Crippen LogP contribution in [0.3, 0.4) is 0 Å². The van der Waals surface area contributed by atoms with Gasteiger partial charge in [0.25, 0.3) is 5.56 Å². The van der Waals surface area contributed by atoms with Crippen molar-refractivity contribution in [2.45, 2.75) is 13.0 Å². The average Bonchev–Trinajstić information content (AvgIpc) is 3.28. The second-order valence-corrected chi connectivity index (χ2v) is 7.74. The van der Waals surface area contributed by atoms with Crippen LogP contribution >= 0.6 is 11.3 Å². The van der Waals surface area contributed by atoms with Crippen LogP contribution in [0.5, 0.6) is 0 Å². The molecule has 0 atom stereocenters. The Labute approximate surface area is 169 Å². The summed E-state index contributed by atoms with van der Waals surface area (Å²) in [6, 6.07) is 20.8. The van der Waals surface area contributed by atoms with Crippen LogP contribution < -0.4 is 11.0 Å². The molecular formula is C23H16N2O3S. The molecule has 0 unspecified atom stereocenters. The Hall–Kier alpha value is -3.51. The third-order valence-electron chi connectivity index (χ3n) is 4.91. The fourth-order valence-corrected chi connectivity index (χ4v) is 4.51. The first-order valence-electron chi connectivity index (χ1n) is 9.26. The van der Waals surface area contributed by atoms with Crippen LogP contribution in [0.4, 0.5) is 0 Å². The van der Waals surface area contributed by atoms with Crippen molar-refractivity contribution in [2.75, 3.05) is 0 Å². The first-order chi connectivity index (χ1) is 14.2. The van der Waals surface area contributed by atoms with Crippen molar-refractivity contribution < 1.29 is 4.42 Å². The van der Waals surface area contributed by atoms with E-state index in [1.54, 1.807) is 35.1 Å². The lowest BCUT2D eigenvalue weighted by Gasteiger charge is -2.12. The Morgan fingerprint density at radius 3 is 2.52 bits per heavy atom. The third kappa shape index (κ3) is 3.07. The zero-order valence-electron chi connectivity index (χ0n) is 15.4. The molecule has 5 nitrogen and oxygen atoms in total. The van der Waals surface area contributed by atoms with Crippen molar-refractivity contribution in [2.24, 2.45) is 0 Å². The van der Waals surface area contributed by atoms with E-state index in [-0.39, 0.29) is 16.4 Å². The minimum absolute atomic E-state index is 0.136. The van der Waals surface area contributed by atoms with Crippen LogP contribution in [0.15, 0.2) is 87.0 Å². The lowest BCUT2D eigenvalue weighted by Crippen LogP contribution is -2.28. The molecule has 0 aliphatic heterocycles. The van der Waals surface area contributed by atoms with Gasteiger partial charge in [0, 0.05) is 16.6 Å². The van der Waals surface area contributed by atoms with E-state index >= 15 is 0 Å². The number of nitrogens with zero attached hydrogens (tertiary/aromatic N) is 2. The maximum absolute atomic E-state index is 13.4. The molecule has 0 fully saturated rings. The molecule has 5 rings (SSSR count). The summed E-state index contributed by atoms with van der Waals surface area (Å²) in [5.41, 5.74) is 0.504. The van der Waals surface area contributed by atoms with Crippen LogP contribution in [0, 0.1) is 0 Å². The largest absolute Gasteiger partial charge is 0.461 e. The monoisotopic (exact) mass is 400 g/mol. The molecule has 0 amide bonds. The summed E-state index contributed by atoms with van der Waals surface area (Å²) in [4.78, 5) is 31.6. The second kappa shape index (κ2) is 7.14. The van der Waals surface area contributed by atoms with Gasteiger partial charge in [-0.1, -0.05) is 42.5 Å². The van der Waals surface area contributed by atoms with E-state index in [1.807, 2.05) is 42.5 Å². The van der Waals surface area contributed by atoms with Crippen molar-refractivity contribution in [3.8, 4) is 11.6 Å². The number of aryl methyl sites for hydroxylation is 1. The number of rotatable bonds is 4. The normalized spacial score (nSPS) is 11.3. The SMILES string of the molecule is O=c1c2ccccc2sc2nc(-c3ccco3)n(CCc3ccccc3)c(=O)c12. The lowest BCUT2D eigenvalue weighted by atomic mass is 10.1. The number of hydrogen-bond donors (Lipinski definition) is 0. The zero-order chi connectivity index (χ0) is 19.8. The zero-order valence-corrected chi connectivity index (χ0v) is 16.2. The number of fused-ring (bicyclic) bond motifs is 2. The van der Waals surface area contributed by atoms with Crippen LogP contribution in [0.25, 0.3) is 31.9 Å². The molecule has 29 heavy (non-hydrogen) atoms. The molecule has 0 bridgehead atoms. The highest BCUT2D eigenvalue weighted by molar-refractivity contribution is 7.24. The van der Waals surface area contributed by atoms with Crippen molar-refractivity contribution in [3.63, 3.8) is 0 Å². The van der Waals surface area contributed by atoms with Gasteiger partial charge in [0.1, 0.15) is 10.2 Å². The predicted molar refractivity (Wildman–Crippen MR) is 116 cm³/mol. The fourth-order valence-electron chi connectivity index (χ4n) is 3.47. The van der Waals surface area contributed by atoms with E-state index in [1.165, 1.54) is 11.3 Å². The van der Waals surface area contributed by atoms with Crippen molar-refractivity contribution in [1.82, 2.24) is 9.55 Å². The van der Waals surface area contributed by atoms with Crippen molar-refractivity contribution >= 4 is 31.6 Å². The van der Waals surface area contributed by atoms with Crippen molar-refractivity contribution in [3.05, 3.63) is 99.1 Å². The van der Waals surface area contributed by atoms with Crippen LogP contribution in [0.2, 0.25) is 0 Å². The summed E-state index contributed by atoms with van der Waals surface area (Å²) in [6.45, 7) is 0.402. The number of benzene rings is 2. The molecule has 142 valence electrons. The number of aromatic nitrogens is 2. The smallest absolute Gasteiger partial charge is 0.266 e. The molecular weight excluding hydrogens is 384 g/mol. The average molecular weight is 400 g/mol. The highest BCUT2D eigenvalue weighted by Gasteiger charge is 2.18. The minimum Gasteiger partial charge on any atom is -0.461 e. The summed E-state index contributed by atoms with van der Waals surface area (Å²) in [7, 11) is 0. The van der Waals surface area contributed by atoms with Gasteiger partial charge in [0.05, 0.1) is 6.26 Å². The first kappa shape index (κ1) is 17.6. The van der Waals surface area contributed by atoms with Gasteiger partial charge < -0.3 is 4.42 Å². The molecule has 0 spiro atoms. The number of hydrogen-bond acceptors (Lipinski definition) is 5. The topological polar surface area (TPSA) is 65.1 Å². The van der Waals surface area contributed by atoms with E-state index in [9.17, 15) is 9.59 Å². The second-order valence-electron chi connectivity index (χ2n) is 6.71. The maximum atomic E-state index is 13.4. The molecule has 3 heterocycles. The van der Waals surface area contributed by atoms with Gasteiger partial charge in [-0.25, -0.2) is 4.98 Å². The van der Waals surface area contributed by atoms with Gasteiger partial charge >= 0.3 is 0 Å². The van der Waals surface area contributed by atoms with Crippen LogP contribution in [0.1, 0.15) is 5.56 Å². The van der Waals surface area contributed by atoms with Gasteiger partial charge in [0.2, 0.25) is 5.43 Å². The van der Waals surface area contributed by atoms with E-state index < -0.39 is 0 Å². The molecule has 0 saturated carbocycles. The maximum Gasteiger partial charge on any atom is 0.266 e. The molecule has 0 radical (unpaired) electrons. The van der Waals surface area contributed by atoms with E-state index in [0.717, 1.165) is 10.3 Å². The Morgan fingerprint density at radius 2 is 1.72 bits per heavy atom. The predicted octanol–water partition coefficient (Wildman–Crippen LogP) is 4.47. The van der Waals surface area contributed by atoms with Gasteiger partial charge in [-0.3, -0.25) is 14.2 Å². The summed E-state index contributed by atoms with van der Waals surface area (Å²) in [5.74, 6) is 0.944. The molecule has 5 aromatic rings. The first-order valence-corrected chi connectivity index (χ1v) is 10.1. The quantitative estimate of drug-likeness (QED) is 0.418. The summed E-state index contributed by atoms with van der Waals surface area (Å²) >= 11 is 1.35. The Morgan fingerprint density at radius 1 is 0.931 bits per heavy atom. The molecule has 3 aromatic heterocycles. The summed E-state index contributed by atoms with van der Waals surface area (Å²) < 4.78 is 7.90. The molecule has 0 aliphatic carbocycles. The lowest BCUT2D eigenvalue weighted by molar-refractivity contribution is 0.562. The Balaban J connectivity index is 1.77. The van der Waals surface area contributed by atoms with Gasteiger partial charge in [-0.2, -0.15) is 0 Å². The highest BCUT2D eigenvalue weighted by Crippen LogP contribution is 2.25. The molecule has 0 aliphatic rings. The fraction of sp³-hybridized carbons (Fsp3) is 0.0870. The van der Waals surface area contributed by atoms with Crippen molar-refractivity contribution in [1.29, 1.82) is 0 Å². The van der Waals surface area contributed by atoms with Gasteiger partial charge in [-0.05, 0) is 36.2 Å². The van der Waals surface area contributed by atoms with E-state index in [2.05, 4.69) is 4.98 Å².